The Bertz CT molecular complexity index is 1270. The van der Waals surface area contributed by atoms with Crippen LogP contribution in [-0.4, -0.2) is 10.5 Å². The standard InChI is InChI=1S/C37H37NP2/c1-6-18-31(19-7-1)30-32-20-16-17-29-37(32)38(39(33-21-8-2-9-22-33)34-23-10-3-11-24-34)40(35-25-12-4-13-26-35)36-27-14-5-15-28-36/h1-15,18-19,21-28,32,37H,16-17,20,29-30H2/t32-,37+/m1/s1. The van der Waals surface area contributed by atoms with Crippen LogP contribution in [0.25, 0.3) is 0 Å². The molecule has 0 saturated heterocycles. The van der Waals surface area contributed by atoms with E-state index in [-0.39, 0.29) is 0 Å². The van der Waals surface area contributed by atoms with Gasteiger partial charge in [-0.1, -0.05) is 165 Å². The van der Waals surface area contributed by atoms with Gasteiger partial charge in [0.2, 0.25) is 0 Å². The van der Waals surface area contributed by atoms with Crippen molar-refractivity contribution in [3.8, 4) is 0 Å². The summed E-state index contributed by atoms with van der Waals surface area (Å²) in [6.45, 7) is 0. The Morgan fingerprint density at radius 2 is 0.800 bits per heavy atom. The molecule has 5 aromatic rings. The van der Waals surface area contributed by atoms with Crippen LogP contribution in [0.5, 0.6) is 0 Å². The van der Waals surface area contributed by atoms with Gasteiger partial charge in [-0.25, -0.2) is 4.44 Å². The predicted molar refractivity (Wildman–Crippen MR) is 176 cm³/mol. The fraction of sp³-hybridized carbons (Fsp3) is 0.189. The lowest BCUT2D eigenvalue weighted by Gasteiger charge is -2.48. The average Bonchev–Trinajstić information content (AvgIpc) is 3.04. The summed E-state index contributed by atoms with van der Waals surface area (Å²) in [5.74, 6) is 0.617. The minimum atomic E-state index is -0.763. The molecule has 0 heterocycles. The molecule has 0 amide bonds. The Hall–Kier alpha value is -3.08. The summed E-state index contributed by atoms with van der Waals surface area (Å²) in [6, 6.07) is 57.0. The van der Waals surface area contributed by atoms with Crippen molar-refractivity contribution in [1.82, 2.24) is 4.44 Å². The molecule has 200 valence electrons. The van der Waals surface area contributed by atoms with Crippen molar-refractivity contribution < 1.29 is 0 Å². The first kappa shape index (κ1) is 27.1. The van der Waals surface area contributed by atoms with E-state index < -0.39 is 16.1 Å². The quantitative estimate of drug-likeness (QED) is 0.165. The highest BCUT2D eigenvalue weighted by Gasteiger charge is 2.40. The van der Waals surface area contributed by atoms with E-state index in [4.69, 9.17) is 0 Å². The van der Waals surface area contributed by atoms with E-state index in [1.54, 1.807) is 0 Å². The topological polar surface area (TPSA) is 3.24 Å². The lowest BCUT2D eigenvalue weighted by atomic mass is 9.81. The maximum atomic E-state index is 3.03. The monoisotopic (exact) mass is 557 g/mol. The third-order valence-corrected chi connectivity index (χ3v) is 13.6. The second kappa shape index (κ2) is 13.5. The van der Waals surface area contributed by atoms with E-state index in [1.807, 2.05) is 0 Å². The molecule has 2 atom stereocenters. The van der Waals surface area contributed by atoms with E-state index in [1.165, 1.54) is 52.5 Å². The zero-order chi connectivity index (χ0) is 27.0. The number of nitrogens with zero attached hydrogens (tertiary/aromatic N) is 1. The summed E-state index contributed by atoms with van der Waals surface area (Å²) >= 11 is 0. The summed E-state index contributed by atoms with van der Waals surface area (Å²) in [6.07, 6.45) is 6.29. The summed E-state index contributed by atoms with van der Waals surface area (Å²) in [5, 5.41) is 5.75. The number of rotatable bonds is 9. The summed E-state index contributed by atoms with van der Waals surface area (Å²) in [4.78, 5) is 0. The van der Waals surface area contributed by atoms with Gasteiger partial charge in [-0.2, -0.15) is 0 Å². The van der Waals surface area contributed by atoms with Crippen molar-refractivity contribution >= 4 is 37.4 Å². The third-order valence-electron chi connectivity index (χ3n) is 7.92. The van der Waals surface area contributed by atoms with Gasteiger partial charge < -0.3 is 0 Å². The zero-order valence-corrected chi connectivity index (χ0v) is 24.8. The maximum absolute atomic E-state index is 3.03. The first-order valence-electron chi connectivity index (χ1n) is 14.5. The Balaban J connectivity index is 1.56. The lowest BCUT2D eigenvalue weighted by Crippen LogP contribution is -2.44. The highest BCUT2D eigenvalue weighted by molar-refractivity contribution is 7.84. The molecule has 1 fully saturated rings. The zero-order valence-electron chi connectivity index (χ0n) is 23.0. The molecule has 0 N–H and O–H groups in total. The van der Waals surface area contributed by atoms with Crippen LogP contribution < -0.4 is 21.2 Å². The van der Waals surface area contributed by atoms with Crippen LogP contribution in [0.3, 0.4) is 0 Å². The van der Waals surface area contributed by atoms with Crippen LogP contribution in [0.15, 0.2) is 152 Å². The van der Waals surface area contributed by atoms with Crippen LogP contribution in [0.1, 0.15) is 31.2 Å². The largest absolute Gasteiger partial charge is 0.241 e. The van der Waals surface area contributed by atoms with Crippen molar-refractivity contribution in [3.63, 3.8) is 0 Å². The molecule has 1 nitrogen and oxygen atoms in total. The van der Waals surface area contributed by atoms with Gasteiger partial charge in [0.1, 0.15) is 0 Å². The number of hydrogen-bond acceptors (Lipinski definition) is 1. The van der Waals surface area contributed by atoms with Gasteiger partial charge in [-0.05, 0) is 52.0 Å². The Morgan fingerprint density at radius 3 is 1.20 bits per heavy atom. The van der Waals surface area contributed by atoms with Gasteiger partial charge in [-0.3, -0.25) is 0 Å². The van der Waals surface area contributed by atoms with Gasteiger partial charge in [-0.15, -0.1) is 0 Å². The van der Waals surface area contributed by atoms with E-state index in [9.17, 15) is 0 Å². The molecule has 1 saturated carbocycles. The second-order valence-corrected chi connectivity index (χ2v) is 15.1. The van der Waals surface area contributed by atoms with Crippen LogP contribution in [-0.2, 0) is 6.42 Å². The Kier molecular flexibility index (Phi) is 9.16. The lowest BCUT2D eigenvalue weighted by molar-refractivity contribution is 0.243. The van der Waals surface area contributed by atoms with Gasteiger partial charge in [0.15, 0.2) is 0 Å². The highest BCUT2D eigenvalue weighted by Crippen LogP contribution is 2.58. The highest BCUT2D eigenvalue weighted by atomic mass is 31.2. The van der Waals surface area contributed by atoms with Crippen LogP contribution in [0, 0.1) is 5.92 Å². The molecule has 0 radical (unpaired) electrons. The van der Waals surface area contributed by atoms with Gasteiger partial charge >= 0.3 is 0 Å². The molecule has 1 aliphatic rings. The van der Waals surface area contributed by atoms with Gasteiger partial charge in [0.05, 0.1) is 0 Å². The molecule has 40 heavy (non-hydrogen) atoms. The number of benzene rings is 5. The van der Waals surface area contributed by atoms with Crippen molar-refractivity contribution in [2.24, 2.45) is 5.92 Å². The Labute approximate surface area is 242 Å². The van der Waals surface area contributed by atoms with Gasteiger partial charge in [0.25, 0.3) is 0 Å². The molecule has 0 unspecified atom stereocenters. The summed E-state index contributed by atoms with van der Waals surface area (Å²) in [5.41, 5.74) is 1.46. The molecule has 0 aliphatic heterocycles. The van der Waals surface area contributed by atoms with Crippen LogP contribution >= 0.6 is 16.1 Å². The van der Waals surface area contributed by atoms with E-state index in [0.29, 0.717) is 12.0 Å². The molecule has 3 heteroatoms. The summed E-state index contributed by atoms with van der Waals surface area (Å²) < 4.78 is 3.03. The first-order chi connectivity index (χ1) is 19.9. The third kappa shape index (κ3) is 6.29. The molecule has 0 aromatic heterocycles. The molecular weight excluding hydrogens is 520 g/mol. The normalized spacial score (nSPS) is 17.4. The molecule has 0 spiro atoms. The SMILES string of the molecule is c1ccc(C[C@H]2CCCC[C@@H]2N(P(c2ccccc2)c2ccccc2)P(c2ccccc2)c2ccccc2)cc1. The van der Waals surface area contributed by atoms with E-state index in [0.717, 1.165) is 6.42 Å². The average molecular weight is 558 g/mol. The molecule has 6 rings (SSSR count). The van der Waals surface area contributed by atoms with Crippen molar-refractivity contribution in [3.05, 3.63) is 157 Å². The minimum absolute atomic E-state index is 0.493. The van der Waals surface area contributed by atoms with Crippen LogP contribution in [0.4, 0.5) is 0 Å². The molecular formula is C37H37NP2. The fourth-order valence-electron chi connectivity index (χ4n) is 6.08. The van der Waals surface area contributed by atoms with Crippen LogP contribution in [0.2, 0.25) is 0 Å². The second-order valence-electron chi connectivity index (χ2n) is 10.6. The first-order valence-corrected chi connectivity index (χ1v) is 17.1. The molecule has 5 aromatic carbocycles. The summed E-state index contributed by atoms with van der Waals surface area (Å²) in [7, 11) is -1.53. The predicted octanol–water partition coefficient (Wildman–Crippen LogP) is 8.19. The van der Waals surface area contributed by atoms with Crippen molar-refractivity contribution in [2.75, 3.05) is 0 Å². The molecule has 1 aliphatic carbocycles. The fourth-order valence-corrected chi connectivity index (χ4v) is 12.6. The van der Waals surface area contributed by atoms with Crippen molar-refractivity contribution in [2.45, 2.75) is 38.1 Å². The number of hydrogen-bond donors (Lipinski definition) is 0. The maximum Gasteiger partial charge on any atom is 0.0325 e. The minimum Gasteiger partial charge on any atom is -0.241 e. The molecule has 0 bridgehead atoms. The van der Waals surface area contributed by atoms with E-state index in [2.05, 4.69) is 156 Å². The Morgan fingerprint density at radius 1 is 0.450 bits per heavy atom. The van der Waals surface area contributed by atoms with E-state index >= 15 is 0 Å². The van der Waals surface area contributed by atoms with Gasteiger partial charge in [0, 0.05) is 22.2 Å². The smallest absolute Gasteiger partial charge is 0.0325 e. The van der Waals surface area contributed by atoms with Crippen molar-refractivity contribution in [1.29, 1.82) is 0 Å².